The summed E-state index contributed by atoms with van der Waals surface area (Å²) < 4.78 is 5.44. The Kier molecular flexibility index (Phi) is 5.91. The van der Waals surface area contributed by atoms with Crippen molar-refractivity contribution < 1.29 is 14.1 Å². The van der Waals surface area contributed by atoms with E-state index in [9.17, 15) is 14.9 Å². The second-order valence-electron chi connectivity index (χ2n) is 6.02. The van der Waals surface area contributed by atoms with Crippen LogP contribution in [0.25, 0.3) is 6.08 Å². The Morgan fingerprint density at radius 2 is 1.93 bits per heavy atom. The molecule has 0 spiro atoms. The lowest BCUT2D eigenvalue weighted by molar-refractivity contribution is -0.384. The van der Waals surface area contributed by atoms with E-state index in [0.717, 1.165) is 12.0 Å². The van der Waals surface area contributed by atoms with Gasteiger partial charge in [-0.15, -0.1) is 5.10 Å². The molecule has 1 N–H and O–H groups in total. The fourth-order valence-corrected chi connectivity index (χ4v) is 2.50. The number of nitro groups is 1. The van der Waals surface area contributed by atoms with Crippen LogP contribution < -0.4 is 5.32 Å². The van der Waals surface area contributed by atoms with Gasteiger partial charge in [-0.2, -0.15) is 0 Å². The van der Waals surface area contributed by atoms with Crippen LogP contribution in [-0.2, 0) is 17.6 Å². The number of non-ortho nitro benzene ring substituents is 1. The SMILES string of the molecule is CCc1ccc(Cc2nnc(NC(=O)/C=C/c3cccc([N+](=O)[O-])c3)o2)cc1. The summed E-state index contributed by atoms with van der Waals surface area (Å²) in [5.41, 5.74) is 2.77. The zero-order valence-electron chi connectivity index (χ0n) is 15.2. The van der Waals surface area contributed by atoms with Gasteiger partial charge in [0.2, 0.25) is 5.89 Å². The first-order valence-electron chi connectivity index (χ1n) is 8.67. The predicted molar refractivity (Wildman–Crippen MR) is 104 cm³/mol. The lowest BCUT2D eigenvalue weighted by atomic mass is 10.1. The van der Waals surface area contributed by atoms with Gasteiger partial charge in [0.15, 0.2) is 0 Å². The third-order valence-electron chi connectivity index (χ3n) is 3.99. The number of anilines is 1. The third kappa shape index (κ3) is 5.10. The first kappa shape index (κ1) is 19.0. The zero-order valence-corrected chi connectivity index (χ0v) is 15.2. The highest BCUT2D eigenvalue weighted by atomic mass is 16.6. The van der Waals surface area contributed by atoms with Crippen molar-refractivity contribution in [1.82, 2.24) is 10.2 Å². The zero-order chi connectivity index (χ0) is 19.9. The molecule has 0 aliphatic carbocycles. The van der Waals surface area contributed by atoms with Crippen LogP contribution in [0, 0.1) is 10.1 Å². The number of benzene rings is 2. The van der Waals surface area contributed by atoms with Gasteiger partial charge in [-0.25, -0.2) is 0 Å². The molecule has 0 aliphatic heterocycles. The maximum Gasteiger partial charge on any atom is 0.322 e. The number of aromatic nitrogens is 2. The predicted octanol–water partition coefficient (Wildman–Crippen LogP) is 3.78. The summed E-state index contributed by atoms with van der Waals surface area (Å²) in [6.07, 6.45) is 4.15. The Bertz CT molecular complexity index is 1010. The summed E-state index contributed by atoms with van der Waals surface area (Å²) in [4.78, 5) is 22.3. The molecule has 3 rings (SSSR count). The molecule has 3 aromatic rings. The third-order valence-corrected chi connectivity index (χ3v) is 3.99. The van der Waals surface area contributed by atoms with E-state index in [1.165, 1.54) is 29.8 Å². The van der Waals surface area contributed by atoms with Crippen molar-refractivity contribution in [2.45, 2.75) is 19.8 Å². The number of aryl methyl sites for hydroxylation is 1. The number of rotatable bonds is 7. The van der Waals surface area contributed by atoms with E-state index in [1.54, 1.807) is 12.1 Å². The van der Waals surface area contributed by atoms with Crippen LogP contribution >= 0.6 is 0 Å². The lowest BCUT2D eigenvalue weighted by Crippen LogP contribution is -2.07. The molecule has 1 heterocycles. The van der Waals surface area contributed by atoms with E-state index in [-0.39, 0.29) is 11.7 Å². The van der Waals surface area contributed by atoms with E-state index >= 15 is 0 Å². The molecule has 0 atom stereocenters. The van der Waals surface area contributed by atoms with Gasteiger partial charge in [-0.1, -0.05) is 48.4 Å². The second-order valence-corrected chi connectivity index (χ2v) is 6.02. The van der Waals surface area contributed by atoms with Crippen molar-refractivity contribution in [2.24, 2.45) is 0 Å². The Labute approximate surface area is 161 Å². The standard InChI is InChI=1S/C20H18N4O4/c1-2-14-6-8-16(9-7-14)13-19-22-23-20(28-19)21-18(25)11-10-15-4-3-5-17(12-15)24(26)27/h3-12H,2,13H2,1H3,(H,21,23,25)/b11-10+. The minimum absolute atomic E-state index is 0.00568. The van der Waals surface area contributed by atoms with Gasteiger partial charge in [0, 0.05) is 18.2 Å². The highest BCUT2D eigenvalue weighted by Crippen LogP contribution is 2.15. The second kappa shape index (κ2) is 8.72. The number of nitrogens with one attached hydrogen (secondary N) is 1. The Morgan fingerprint density at radius 3 is 2.64 bits per heavy atom. The molecule has 0 unspecified atom stereocenters. The number of hydrogen-bond donors (Lipinski definition) is 1. The highest BCUT2D eigenvalue weighted by Gasteiger charge is 2.09. The first-order chi connectivity index (χ1) is 13.5. The molecule has 0 saturated heterocycles. The van der Waals surface area contributed by atoms with Crippen LogP contribution in [0.5, 0.6) is 0 Å². The summed E-state index contributed by atoms with van der Waals surface area (Å²) >= 11 is 0. The highest BCUT2D eigenvalue weighted by molar-refractivity contribution is 6.00. The van der Waals surface area contributed by atoms with Crippen molar-refractivity contribution in [3.63, 3.8) is 0 Å². The molecular formula is C20H18N4O4. The Balaban J connectivity index is 1.58. The smallest absolute Gasteiger partial charge is 0.322 e. The van der Waals surface area contributed by atoms with Crippen molar-refractivity contribution >= 4 is 23.7 Å². The molecular weight excluding hydrogens is 360 g/mol. The molecule has 2 aromatic carbocycles. The van der Waals surface area contributed by atoms with E-state index in [0.29, 0.717) is 17.9 Å². The van der Waals surface area contributed by atoms with E-state index < -0.39 is 10.8 Å². The van der Waals surface area contributed by atoms with Gasteiger partial charge in [-0.3, -0.25) is 20.2 Å². The number of carbonyl (C=O) groups excluding carboxylic acids is 1. The summed E-state index contributed by atoms with van der Waals surface area (Å²) in [6.45, 7) is 2.09. The van der Waals surface area contributed by atoms with Crippen LogP contribution in [0.4, 0.5) is 11.7 Å². The number of hydrogen-bond acceptors (Lipinski definition) is 6. The van der Waals surface area contributed by atoms with Crippen LogP contribution in [0.15, 0.2) is 59.0 Å². The van der Waals surface area contributed by atoms with Gasteiger partial charge in [0.05, 0.1) is 11.3 Å². The van der Waals surface area contributed by atoms with Crippen molar-refractivity contribution in [1.29, 1.82) is 0 Å². The Morgan fingerprint density at radius 1 is 1.18 bits per heavy atom. The van der Waals surface area contributed by atoms with Crippen molar-refractivity contribution in [3.8, 4) is 0 Å². The average molecular weight is 378 g/mol. The van der Waals surface area contributed by atoms with Gasteiger partial charge >= 0.3 is 6.01 Å². The van der Waals surface area contributed by atoms with Crippen LogP contribution in [0.3, 0.4) is 0 Å². The number of nitro benzene ring substituents is 1. The Hall–Kier alpha value is -3.81. The topological polar surface area (TPSA) is 111 Å². The maximum atomic E-state index is 12.0. The van der Waals surface area contributed by atoms with E-state index in [1.807, 2.05) is 24.3 Å². The van der Waals surface area contributed by atoms with Crippen LogP contribution in [-0.4, -0.2) is 21.0 Å². The minimum Gasteiger partial charge on any atom is -0.407 e. The molecule has 0 saturated carbocycles. The van der Waals surface area contributed by atoms with Gasteiger partial charge in [-0.05, 0) is 29.2 Å². The molecule has 142 valence electrons. The molecule has 0 aliphatic rings. The largest absolute Gasteiger partial charge is 0.407 e. The average Bonchev–Trinajstić information content (AvgIpc) is 3.14. The van der Waals surface area contributed by atoms with Gasteiger partial charge < -0.3 is 4.42 Å². The summed E-state index contributed by atoms with van der Waals surface area (Å²) in [5, 5.41) is 21.0. The van der Waals surface area contributed by atoms with Gasteiger partial charge in [0.1, 0.15) is 0 Å². The number of amides is 1. The van der Waals surface area contributed by atoms with Crippen LogP contribution in [0.2, 0.25) is 0 Å². The summed E-state index contributed by atoms with van der Waals surface area (Å²) in [5.74, 6) is -0.0868. The molecule has 8 nitrogen and oxygen atoms in total. The number of carbonyl (C=O) groups is 1. The molecule has 28 heavy (non-hydrogen) atoms. The molecule has 1 aromatic heterocycles. The lowest BCUT2D eigenvalue weighted by Gasteiger charge is -1.99. The van der Waals surface area contributed by atoms with Crippen LogP contribution in [0.1, 0.15) is 29.5 Å². The molecule has 0 fully saturated rings. The molecule has 8 heteroatoms. The normalized spacial score (nSPS) is 10.9. The number of nitrogens with zero attached hydrogens (tertiary/aromatic N) is 3. The fraction of sp³-hybridized carbons (Fsp3) is 0.150. The minimum atomic E-state index is -0.493. The van der Waals surface area contributed by atoms with Crippen molar-refractivity contribution in [3.05, 3.63) is 87.3 Å². The molecule has 0 radical (unpaired) electrons. The van der Waals surface area contributed by atoms with E-state index in [2.05, 4.69) is 22.4 Å². The fourth-order valence-electron chi connectivity index (χ4n) is 2.50. The summed E-state index contributed by atoms with van der Waals surface area (Å²) in [7, 11) is 0. The maximum absolute atomic E-state index is 12.0. The molecule has 0 bridgehead atoms. The first-order valence-corrected chi connectivity index (χ1v) is 8.67. The van der Waals surface area contributed by atoms with E-state index in [4.69, 9.17) is 4.42 Å². The molecule has 1 amide bonds. The van der Waals surface area contributed by atoms with Gasteiger partial charge in [0.25, 0.3) is 11.6 Å². The quantitative estimate of drug-likeness (QED) is 0.380. The van der Waals surface area contributed by atoms with Crippen molar-refractivity contribution in [2.75, 3.05) is 5.32 Å². The monoisotopic (exact) mass is 378 g/mol. The summed E-state index contributed by atoms with van der Waals surface area (Å²) in [6, 6.07) is 14.1.